The Morgan fingerprint density at radius 2 is 1.43 bits per heavy atom. The van der Waals surface area contributed by atoms with E-state index in [1.54, 1.807) is 0 Å². The third-order valence-corrected chi connectivity index (χ3v) is 2.75. The molecule has 0 atom stereocenters. The Labute approximate surface area is 125 Å². The van der Waals surface area contributed by atoms with Gasteiger partial charge in [0.2, 0.25) is 0 Å². The van der Waals surface area contributed by atoms with Crippen LogP contribution in [0.25, 0.3) is 0 Å². The first kappa shape index (κ1) is 14.9. The van der Waals surface area contributed by atoms with E-state index in [2.05, 4.69) is 41.5 Å². The molecular weight excluding hydrogens is 260 g/mol. The SMILES string of the molecule is CC(C)(C)/C(N=Nc1ccccc1)=N/Nc1ccccc1. The van der Waals surface area contributed by atoms with Gasteiger partial charge < -0.3 is 0 Å². The van der Waals surface area contributed by atoms with Crippen LogP contribution in [0.1, 0.15) is 20.8 Å². The number of amidine groups is 1. The van der Waals surface area contributed by atoms with Crippen LogP contribution in [0.2, 0.25) is 0 Å². The second-order valence-corrected chi connectivity index (χ2v) is 5.70. The van der Waals surface area contributed by atoms with Crippen molar-refractivity contribution in [2.75, 3.05) is 5.43 Å². The van der Waals surface area contributed by atoms with Crippen molar-refractivity contribution in [2.24, 2.45) is 20.7 Å². The van der Waals surface area contributed by atoms with E-state index in [1.807, 2.05) is 60.7 Å². The van der Waals surface area contributed by atoms with Crippen molar-refractivity contribution >= 4 is 17.2 Å². The van der Waals surface area contributed by atoms with Crippen LogP contribution in [0, 0.1) is 5.41 Å². The highest BCUT2D eigenvalue weighted by Gasteiger charge is 2.19. The van der Waals surface area contributed by atoms with Crippen molar-refractivity contribution in [3.8, 4) is 0 Å². The molecule has 0 fully saturated rings. The molecule has 0 aliphatic carbocycles. The van der Waals surface area contributed by atoms with Crippen molar-refractivity contribution in [3.05, 3.63) is 60.7 Å². The summed E-state index contributed by atoms with van der Waals surface area (Å²) in [5.74, 6) is 0.648. The Bertz CT molecular complexity index is 610. The van der Waals surface area contributed by atoms with E-state index in [4.69, 9.17) is 0 Å². The van der Waals surface area contributed by atoms with Crippen LogP contribution < -0.4 is 5.43 Å². The average molecular weight is 280 g/mol. The summed E-state index contributed by atoms with van der Waals surface area (Å²) in [5, 5.41) is 12.9. The number of benzene rings is 2. The molecule has 0 radical (unpaired) electrons. The summed E-state index contributed by atoms with van der Waals surface area (Å²) >= 11 is 0. The quantitative estimate of drug-likeness (QED) is 0.355. The molecule has 0 bridgehead atoms. The summed E-state index contributed by atoms with van der Waals surface area (Å²) < 4.78 is 0. The third kappa shape index (κ3) is 4.84. The summed E-state index contributed by atoms with van der Waals surface area (Å²) in [7, 11) is 0. The van der Waals surface area contributed by atoms with E-state index in [0.717, 1.165) is 11.4 Å². The molecule has 0 unspecified atom stereocenters. The summed E-state index contributed by atoms with van der Waals surface area (Å²) in [5.41, 5.74) is 4.57. The van der Waals surface area contributed by atoms with Crippen molar-refractivity contribution in [3.63, 3.8) is 0 Å². The molecule has 108 valence electrons. The van der Waals surface area contributed by atoms with Gasteiger partial charge in [-0.05, 0) is 24.3 Å². The van der Waals surface area contributed by atoms with E-state index < -0.39 is 0 Å². The number of anilines is 1. The maximum Gasteiger partial charge on any atom is 0.176 e. The van der Waals surface area contributed by atoms with Gasteiger partial charge in [0.05, 0.1) is 11.4 Å². The minimum Gasteiger partial charge on any atom is -0.277 e. The van der Waals surface area contributed by atoms with Gasteiger partial charge in [0.1, 0.15) is 0 Å². The highest BCUT2D eigenvalue weighted by atomic mass is 15.3. The van der Waals surface area contributed by atoms with Crippen LogP contribution in [-0.4, -0.2) is 5.84 Å². The van der Waals surface area contributed by atoms with E-state index >= 15 is 0 Å². The molecule has 0 heterocycles. The highest BCUT2D eigenvalue weighted by molar-refractivity contribution is 5.88. The molecular formula is C17H20N4. The van der Waals surface area contributed by atoms with Crippen LogP contribution >= 0.6 is 0 Å². The molecule has 21 heavy (non-hydrogen) atoms. The van der Waals surface area contributed by atoms with Crippen LogP contribution in [-0.2, 0) is 0 Å². The predicted octanol–water partition coefficient (Wildman–Crippen LogP) is 5.24. The van der Waals surface area contributed by atoms with E-state index in [0.29, 0.717) is 5.84 Å². The van der Waals surface area contributed by atoms with E-state index in [1.165, 1.54) is 0 Å². The Morgan fingerprint density at radius 3 is 2.00 bits per heavy atom. The first-order valence-electron chi connectivity index (χ1n) is 6.92. The number of hydrazone groups is 1. The Morgan fingerprint density at radius 1 is 0.857 bits per heavy atom. The summed E-state index contributed by atoms with van der Waals surface area (Å²) in [6.07, 6.45) is 0. The molecule has 2 rings (SSSR count). The summed E-state index contributed by atoms with van der Waals surface area (Å²) in [6.45, 7) is 6.17. The molecule has 0 amide bonds. The number of azo groups is 1. The lowest BCUT2D eigenvalue weighted by Gasteiger charge is -2.16. The molecule has 0 saturated heterocycles. The first-order chi connectivity index (χ1) is 10.1. The minimum absolute atomic E-state index is 0.194. The largest absolute Gasteiger partial charge is 0.277 e. The number of para-hydroxylation sites is 1. The minimum atomic E-state index is -0.194. The predicted molar refractivity (Wildman–Crippen MR) is 87.9 cm³/mol. The van der Waals surface area contributed by atoms with Gasteiger partial charge in [-0.1, -0.05) is 57.2 Å². The maximum absolute atomic E-state index is 4.39. The van der Waals surface area contributed by atoms with E-state index in [-0.39, 0.29) is 5.41 Å². The van der Waals surface area contributed by atoms with Crippen molar-refractivity contribution in [2.45, 2.75) is 20.8 Å². The molecule has 4 heteroatoms. The third-order valence-electron chi connectivity index (χ3n) is 2.75. The molecule has 0 saturated carbocycles. The number of rotatable bonds is 3. The zero-order chi connectivity index (χ0) is 15.1. The molecule has 2 aromatic rings. The molecule has 2 aromatic carbocycles. The lowest BCUT2D eigenvalue weighted by molar-refractivity contribution is 0.581. The average Bonchev–Trinajstić information content (AvgIpc) is 2.48. The van der Waals surface area contributed by atoms with Crippen LogP contribution in [0.3, 0.4) is 0 Å². The molecule has 0 aliphatic heterocycles. The number of nitrogens with one attached hydrogen (secondary N) is 1. The van der Waals surface area contributed by atoms with Gasteiger partial charge in [-0.3, -0.25) is 5.43 Å². The van der Waals surface area contributed by atoms with Gasteiger partial charge in [-0.2, -0.15) is 5.10 Å². The fourth-order valence-electron chi connectivity index (χ4n) is 1.57. The Kier molecular flexibility index (Phi) is 4.82. The monoisotopic (exact) mass is 280 g/mol. The standard InChI is InChI=1S/C17H20N4/c1-17(2,3)16(20-18-14-10-6-4-7-11-14)21-19-15-12-8-5-9-13-15/h4-13,18H,1-3H3/b20-16-,21-19?. The Hall–Kier alpha value is -2.49. The second kappa shape index (κ2) is 6.79. The van der Waals surface area contributed by atoms with Crippen molar-refractivity contribution in [1.82, 2.24) is 0 Å². The lowest BCUT2D eigenvalue weighted by atomic mass is 9.95. The number of hydrogen-bond donors (Lipinski definition) is 1. The van der Waals surface area contributed by atoms with Crippen LogP contribution in [0.4, 0.5) is 11.4 Å². The van der Waals surface area contributed by atoms with Gasteiger partial charge in [0.25, 0.3) is 0 Å². The second-order valence-electron chi connectivity index (χ2n) is 5.70. The zero-order valence-electron chi connectivity index (χ0n) is 12.6. The summed E-state index contributed by atoms with van der Waals surface area (Å²) in [4.78, 5) is 0. The number of nitrogens with zero attached hydrogens (tertiary/aromatic N) is 3. The topological polar surface area (TPSA) is 49.1 Å². The fraction of sp³-hybridized carbons (Fsp3) is 0.235. The van der Waals surface area contributed by atoms with Gasteiger partial charge in [-0.15, -0.1) is 10.2 Å². The first-order valence-corrected chi connectivity index (χ1v) is 6.92. The molecule has 0 spiro atoms. The van der Waals surface area contributed by atoms with Crippen LogP contribution in [0.15, 0.2) is 76.0 Å². The van der Waals surface area contributed by atoms with Gasteiger partial charge in [0.15, 0.2) is 5.84 Å². The molecule has 1 N–H and O–H groups in total. The normalized spacial score (nSPS) is 12.6. The van der Waals surface area contributed by atoms with Crippen molar-refractivity contribution < 1.29 is 0 Å². The fourth-order valence-corrected chi connectivity index (χ4v) is 1.57. The molecule has 4 nitrogen and oxygen atoms in total. The number of hydrogen-bond acceptors (Lipinski definition) is 3. The van der Waals surface area contributed by atoms with Gasteiger partial charge in [0, 0.05) is 5.41 Å². The van der Waals surface area contributed by atoms with E-state index in [9.17, 15) is 0 Å². The maximum atomic E-state index is 4.39. The van der Waals surface area contributed by atoms with Crippen LogP contribution in [0.5, 0.6) is 0 Å². The summed E-state index contributed by atoms with van der Waals surface area (Å²) in [6, 6.07) is 19.4. The molecule has 0 aliphatic rings. The van der Waals surface area contributed by atoms with Gasteiger partial charge >= 0.3 is 0 Å². The van der Waals surface area contributed by atoms with Crippen molar-refractivity contribution in [1.29, 1.82) is 0 Å². The highest BCUT2D eigenvalue weighted by Crippen LogP contribution is 2.20. The lowest BCUT2D eigenvalue weighted by Crippen LogP contribution is -2.19. The molecule has 0 aromatic heterocycles. The Balaban J connectivity index is 2.17. The van der Waals surface area contributed by atoms with Gasteiger partial charge in [-0.25, -0.2) is 0 Å². The smallest absolute Gasteiger partial charge is 0.176 e. The zero-order valence-corrected chi connectivity index (χ0v) is 12.6.